The molecular weight excluding hydrogens is 310 g/mol. The van der Waals surface area contributed by atoms with Crippen LogP contribution in [-0.2, 0) is 10.0 Å². The van der Waals surface area contributed by atoms with E-state index in [-0.39, 0.29) is 21.8 Å². The van der Waals surface area contributed by atoms with E-state index >= 15 is 0 Å². The molecule has 8 nitrogen and oxygen atoms in total. The van der Waals surface area contributed by atoms with Crippen LogP contribution in [0, 0.1) is 10.1 Å². The number of nitrogens with one attached hydrogen (secondary N) is 1. The highest BCUT2D eigenvalue weighted by Crippen LogP contribution is 2.17. The van der Waals surface area contributed by atoms with E-state index in [1.165, 1.54) is 42.5 Å². The molecule has 0 radical (unpaired) electrons. The molecule has 0 fully saturated rings. The van der Waals surface area contributed by atoms with Crippen LogP contribution in [0.2, 0.25) is 0 Å². The minimum Gasteiger partial charge on any atom is -0.322 e. The standard InChI is InChI=1S/C13H11N3O5S/c14-22(20,21)12-6-2-4-10(8-12)15-13(17)9-3-1-5-11(7-9)16(18)19/h1-8H,(H,15,17)(H2,14,20,21). The first-order valence-electron chi connectivity index (χ1n) is 5.96. The van der Waals surface area contributed by atoms with Crippen LogP contribution in [0.25, 0.3) is 0 Å². The van der Waals surface area contributed by atoms with Crippen LogP contribution in [-0.4, -0.2) is 19.2 Å². The first-order chi connectivity index (χ1) is 10.3. The Morgan fingerprint density at radius 2 is 1.82 bits per heavy atom. The van der Waals surface area contributed by atoms with Crippen LogP contribution in [0.1, 0.15) is 10.4 Å². The lowest BCUT2D eigenvalue weighted by Gasteiger charge is -2.06. The van der Waals surface area contributed by atoms with Gasteiger partial charge in [0.25, 0.3) is 11.6 Å². The molecule has 0 atom stereocenters. The fourth-order valence-corrected chi connectivity index (χ4v) is 2.27. The van der Waals surface area contributed by atoms with Crippen molar-refractivity contribution in [1.29, 1.82) is 0 Å². The molecule has 0 saturated carbocycles. The first-order valence-corrected chi connectivity index (χ1v) is 7.51. The summed E-state index contributed by atoms with van der Waals surface area (Å²) in [4.78, 5) is 22.0. The molecule has 0 heterocycles. The number of carbonyl (C=O) groups is 1. The maximum absolute atomic E-state index is 12.0. The number of nitro benzene ring substituents is 1. The van der Waals surface area contributed by atoms with Gasteiger partial charge in [-0.1, -0.05) is 12.1 Å². The number of benzene rings is 2. The highest BCUT2D eigenvalue weighted by molar-refractivity contribution is 7.89. The molecule has 9 heteroatoms. The van der Waals surface area contributed by atoms with E-state index in [2.05, 4.69) is 5.32 Å². The highest BCUT2D eigenvalue weighted by Gasteiger charge is 2.13. The molecule has 0 spiro atoms. The fraction of sp³-hybridized carbons (Fsp3) is 0. The Kier molecular flexibility index (Phi) is 4.20. The van der Waals surface area contributed by atoms with E-state index in [1.54, 1.807) is 0 Å². The number of hydrogen-bond acceptors (Lipinski definition) is 5. The van der Waals surface area contributed by atoms with Crippen LogP contribution in [0.15, 0.2) is 53.4 Å². The van der Waals surface area contributed by atoms with Crippen molar-refractivity contribution in [2.45, 2.75) is 4.90 Å². The number of rotatable bonds is 4. The lowest BCUT2D eigenvalue weighted by atomic mass is 10.2. The van der Waals surface area contributed by atoms with Crippen molar-refractivity contribution in [3.8, 4) is 0 Å². The largest absolute Gasteiger partial charge is 0.322 e. The predicted octanol–water partition coefficient (Wildman–Crippen LogP) is 1.49. The normalized spacial score (nSPS) is 11.0. The summed E-state index contributed by atoms with van der Waals surface area (Å²) in [5, 5.41) is 18.1. The van der Waals surface area contributed by atoms with Crippen LogP contribution >= 0.6 is 0 Å². The summed E-state index contributed by atoms with van der Waals surface area (Å²) in [7, 11) is -3.88. The number of nitrogens with two attached hydrogens (primary N) is 1. The lowest BCUT2D eigenvalue weighted by molar-refractivity contribution is -0.384. The average molecular weight is 321 g/mol. The number of nitro groups is 1. The van der Waals surface area contributed by atoms with Crippen molar-refractivity contribution in [2.24, 2.45) is 5.14 Å². The van der Waals surface area contributed by atoms with Gasteiger partial charge in [0.1, 0.15) is 0 Å². The maximum atomic E-state index is 12.0. The van der Waals surface area contributed by atoms with Gasteiger partial charge in [-0.2, -0.15) is 0 Å². The molecule has 22 heavy (non-hydrogen) atoms. The number of hydrogen-bond donors (Lipinski definition) is 2. The number of non-ortho nitro benzene ring substituents is 1. The molecule has 0 bridgehead atoms. The summed E-state index contributed by atoms with van der Waals surface area (Å²) in [5.41, 5.74) is 0.0733. The summed E-state index contributed by atoms with van der Waals surface area (Å²) < 4.78 is 22.5. The van der Waals surface area contributed by atoms with Gasteiger partial charge in [-0.15, -0.1) is 0 Å². The molecule has 3 N–H and O–H groups in total. The number of primary sulfonamides is 1. The van der Waals surface area contributed by atoms with Gasteiger partial charge in [-0.25, -0.2) is 13.6 Å². The zero-order chi connectivity index (χ0) is 16.3. The molecule has 2 aromatic carbocycles. The van der Waals surface area contributed by atoms with Crippen molar-refractivity contribution in [3.05, 3.63) is 64.2 Å². The second-order valence-corrected chi connectivity index (χ2v) is 5.90. The summed E-state index contributed by atoms with van der Waals surface area (Å²) >= 11 is 0. The molecule has 0 aromatic heterocycles. The predicted molar refractivity (Wildman–Crippen MR) is 78.9 cm³/mol. The molecule has 0 aliphatic heterocycles. The fourth-order valence-electron chi connectivity index (χ4n) is 1.71. The monoisotopic (exact) mass is 321 g/mol. The van der Waals surface area contributed by atoms with E-state index in [9.17, 15) is 23.3 Å². The van der Waals surface area contributed by atoms with Crippen molar-refractivity contribution < 1.29 is 18.1 Å². The summed E-state index contributed by atoms with van der Waals surface area (Å²) in [6.45, 7) is 0. The SMILES string of the molecule is NS(=O)(=O)c1cccc(NC(=O)c2cccc([N+](=O)[O-])c2)c1. The lowest BCUT2D eigenvalue weighted by Crippen LogP contribution is -2.15. The van der Waals surface area contributed by atoms with E-state index in [1.807, 2.05) is 0 Å². The van der Waals surface area contributed by atoms with Crippen LogP contribution in [0.4, 0.5) is 11.4 Å². The van der Waals surface area contributed by atoms with E-state index < -0.39 is 20.9 Å². The third kappa shape index (κ3) is 3.65. The Labute approximate surface area is 125 Å². The highest BCUT2D eigenvalue weighted by atomic mass is 32.2. The Morgan fingerprint density at radius 1 is 1.14 bits per heavy atom. The topological polar surface area (TPSA) is 132 Å². The maximum Gasteiger partial charge on any atom is 0.270 e. The first kappa shape index (κ1) is 15.6. The Hall–Kier alpha value is -2.78. The Balaban J connectivity index is 2.26. The van der Waals surface area contributed by atoms with Gasteiger partial charge in [0, 0.05) is 23.4 Å². The minimum atomic E-state index is -3.88. The van der Waals surface area contributed by atoms with Gasteiger partial charge < -0.3 is 5.32 Å². The van der Waals surface area contributed by atoms with Crippen molar-refractivity contribution in [2.75, 3.05) is 5.32 Å². The Bertz CT molecular complexity index is 848. The molecule has 2 aromatic rings. The number of carbonyl (C=O) groups excluding carboxylic acids is 1. The van der Waals surface area contributed by atoms with Crippen LogP contribution in [0.3, 0.4) is 0 Å². The molecule has 0 unspecified atom stereocenters. The third-order valence-corrected chi connectivity index (χ3v) is 3.65. The summed E-state index contributed by atoms with van der Waals surface area (Å²) in [6.07, 6.45) is 0. The summed E-state index contributed by atoms with van der Waals surface area (Å²) in [5.74, 6) is -0.602. The number of sulfonamides is 1. The molecule has 0 aliphatic rings. The Morgan fingerprint density at radius 3 is 2.45 bits per heavy atom. The van der Waals surface area contributed by atoms with E-state index in [0.717, 1.165) is 6.07 Å². The van der Waals surface area contributed by atoms with E-state index in [4.69, 9.17) is 5.14 Å². The van der Waals surface area contributed by atoms with Crippen LogP contribution in [0.5, 0.6) is 0 Å². The molecular formula is C13H11N3O5S. The van der Waals surface area contributed by atoms with Crippen molar-refractivity contribution in [3.63, 3.8) is 0 Å². The summed E-state index contributed by atoms with van der Waals surface area (Å²) in [6, 6.07) is 10.6. The molecule has 114 valence electrons. The van der Waals surface area contributed by atoms with Gasteiger partial charge in [-0.3, -0.25) is 14.9 Å². The number of nitrogens with zero attached hydrogens (tertiary/aromatic N) is 1. The van der Waals surface area contributed by atoms with Gasteiger partial charge in [0.15, 0.2) is 0 Å². The van der Waals surface area contributed by atoms with Gasteiger partial charge in [0.05, 0.1) is 9.82 Å². The average Bonchev–Trinajstić information content (AvgIpc) is 2.46. The minimum absolute atomic E-state index is 0.0789. The van der Waals surface area contributed by atoms with Crippen molar-refractivity contribution >= 4 is 27.3 Å². The van der Waals surface area contributed by atoms with Gasteiger partial charge >= 0.3 is 0 Å². The zero-order valence-corrected chi connectivity index (χ0v) is 11.9. The van der Waals surface area contributed by atoms with E-state index in [0.29, 0.717) is 0 Å². The van der Waals surface area contributed by atoms with Gasteiger partial charge in [0.2, 0.25) is 10.0 Å². The van der Waals surface area contributed by atoms with Crippen LogP contribution < -0.4 is 10.5 Å². The second-order valence-electron chi connectivity index (χ2n) is 4.33. The van der Waals surface area contributed by atoms with Crippen molar-refractivity contribution in [1.82, 2.24) is 0 Å². The zero-order valence-electron chi connectivity index (χ0n) is 11.1. The third-order valence-electron chi connectivity index (χ3n) is 2.74. The smallest absolute Gasteiger partial charge is 0.270 e. The molecule has 0 saturated heterocycles. The van der Waals surface area contributed by atoms with Gasteiger partial charge in [-0.05, 0) is 24.3 Å². The quantitative estimate of drug-likeness (QED) is 0.650. The molecule has 2 rings (SSSR count). The number of amides is 1. The number of anilines is 1. The second kappa shape index (κ2) is 5.92. The molecule has 0 aliphatic carbocycles. The molecule has 1 amide bonds.